The number of nitrogens with zero attached hydrogens (tertiary/aromatic N) is 3. The van der Waals surface area contributed by atoms with Crippen LogP contribution in [0, 0.1) is 18.3 Å². The van der Waals surface area contributed by atoms with Crippen molar-refractivity contribution in [3.8, 4) is 11.9 Å². The summed E-state index contributed by atoms with van der Waals surface area (Å²) in [7, 11) is 0. The molecule has 0 saturated heterocycles. The van der Waals surface area contributed by atoms with E-state index in [2.05, 4.69) is 11.9 Å². The number of rotatable bonds is 4. The van der Waals surface area contributed by atoms with E-state index in [1.54, 1.807) is 13.1 Å². The van der Waals surface area contributed by atoms with Crippen LogP contribution in [0.3, 0.4) is 0 Å². The Kier molecular flexibility index (Phi) is 5.22. The van der Waals surface area contributed by atoms with Crippen molar-refractivity contribution in [1.29, 1.82) is 5.26 Å². The first-order chi connectivity index (χ1) is 12.6. The number of aromatic hydroxyl groups is 1. The summed E-state index contributed by atoms with van der Waals surface area (Å²) < 4.78 is 1.39. The number of aliphatic imine (C=N–C) groups is 1. The van der Waals surface area contributed by atoms with Crippen molar-refractivity contribution in [2.75, 3.05) is 0 Å². The first-order valence-electron chi connectivity index (χ1n) is 9.08. The number of hydrogen-bond donors (Lipinski definition) is 1. The minimum atomic E-state index is -0.404. The second-order valence-corrected chi connectivity index (χ2v) is 6.74. The average Bonchev–Trinajstić information content (AvgIpc) is 3.16. The molecule has 1 aromatic carbocycles. The van der Waals surface area contributed by atoms with E-state index in [9.17, 15) is 15.2 Å². The SMILES string of the molecule is CCc1ccc(N=Cc2c(C)c(C#N)c(=O)n(C3CCCC3)c2O)cc1. The van der Waals surface area contributed by atoms with Crippen molar-refractivity contribution in [3.63, 3.8) is 0 Å². The van der Waals surface area contributed by atoms with Gasteiger partial charge in [-0.15, -0.1) is 0 Å². The van der Waals surface area contributed by atoms with Gasteiger partial charge < -0.3 is 5.11 Å². The third-order valence-electron chi connectivity index (χ3n) is 5.17. The maximum Gasteiger partial charge on any atom is 0.271 e. The fraction of sp³-hybridized carbons (Fsp3) is 0.381. The highest BCUT2D eigenvalue weighted by atomic mass is 16.3. The van der Waals surface area contributed by atoms with Gasteiger partial charge in [-0.2, -0.15) is 5.26 Å². The molecular formula is C21H23N3O2. The van der Waals surface area contributed by atoms with E-state index in [1.807, 2.05) is 30.3 Å². The van der Waals surface area contributed by atoms with Crippen molar-refractivity contribution >= 4 is 11.9 Å². The van der Waals surface area contributed by atoms with Crippen LogP contribution in [0.5, 0.6) is 5.88 Å². The van der Waals surface area contributed by atoms with Crippen LogP contribution in [0.1, 0.15) is 60.9 Å². The lowest BCUT2D eigenvalue weighted by atomic mass is 10.0. The number of hydrogen-bond acceptors (Lipinski definition) is 4. The van der Waals surface area contributed by atoms with Gasteiger partial charge in [0.2, 0.25) is 5.88 Å². The van der Waals surface area contributed by atoms with E-state index in [1.165, 1.54) is 10.1 Å². The number of aromatic nitrogens is 1. The van der Waals surface area contributed by atoms with Crippen LogP contribution in [0.2, 0.25) is 0 Å². The van der Waals surface area contributed by atoms with Crippen LogP contribution in [-0.4, -0.2) is 15.9 Å². The number of benzene rings is 1. The molecule has 1 N–H and O–H groups in total. The topological polar surface area (TPSA) is 78.4 Å². The molecule has 2 aromatic rings. The maximum absolute atomic E-state index is 12.7. The van der Waals surface area contributed by atoms with Crippen LogP contribution in [0.15, 0.2) is 34.1 Å². The van der Waals surface area contributed by atoms with Gasteiger partial charge in [-0.25, -0.2) is 0 Å². The highest BCUT2D eigenvalue weighted by molar-refractivity contribution is 5.87. The Bertz CT molecular complexity index is 928. The molecule has 0 bridgehead atoms. The number of nitriles is 1. The molecule has 3 rings (SSSR count). The Balaban J connectivity index is 2.08. The Morgan fingerprint density at radius 2 is 1.96 bits per heavy atom. The molecule has 0 atom stereocenters. The van der Waals surface area contributed by atoms with Crippen LogP contribution < -0.4 is 5.56 Å². The maximum atomic E-state index is 12.7. The lowest BCUT2D eigenvalue weighted by molar-refractivity contribution is 0.368. The summed E-state index contributed by atoms with van der Waals surface area (Å²) in [5.74, 6) is -0.0904. The largest absolute Gasteiger partial charge is 0.494 e. The van der Waals surface area contributed by atoms with E-state index in [4.69, 9.17) is 0 Å². The predicted octanol–water partition coefficient (Wildman–Crippen LogP) is 4.16. The first-order valence-corrected chi connectivity index (χ1v) is 9.08. The van der Waals surface area contributed by atoms with Crippen molar-refractivity contribution in [1.82, 2.24) is 4.57 Å². The molecule has 0 unspecified atom stereocenters. The molecule has 26 heavy (non-hydrogen) atoms. The molecule has 1 aliphatic carbocycles. The Morgan fingerprint density at radius 3 is 2.54 bits per heavy atom. The van der Waals surface area contributed by atoms with Gasteiger partial charge in [-0.05, 0) is 49.4 Å². The van der Waals surface area contributed by atoms with Gasteiger partial charge in [0.1, 0.15) is 11.6 Å². The molecule has 5 heteroatoms. The molecule has 5 nitrogen and oxygen atoms in total. The van der Waals surface area contributed by atoms with Gasteiger partial charge in [-0.3, -0.25) is 14.4 Å². The van der Waals surface area contributed by atoms with Crippen LogP contribution in [-0.2, 0) is 6.42 Å². The van der Waals surface area contributed by atoms with E-state index < -0.39 is 5.56 Å². The minimum absolute atomic E-state index is 0.0498. The third-order valence-corrected chi connectivity index (χ3v) is 5.17. The van der Waals surface area contributed by atoms with Crippen LogP contribution in [0.25, 0.3) is 0 Å². The number of pyridine rings is 1. The lowest BCUT2D eigenvalue weighted by Gasteiger charge is -2.19. The van der Waals surface area contributed by atoms with E-state index in [0.29, 0.717) is 11.1 Å². The summed E-state index contributed by atoms with van der Waals surface area (Å²) in [5.41, 5.74) is 2.57. The van der Waals surface area contributed by atoms with Gasteiger partial charge >= 0.3 is 0 Å². The Morgan fingerprint density at radius 1 is 1.31 bits per heavy atom. The van der Waals surface area contributed by atoms with Crippen molar-refractivity contribution < 1.29 is 5.11 Å². The summed E-state index contributed by atoms with van der Waals surface area (Å²) in [4.78, 5) is 17.1. The normalized spacial score (nSPS) is 14.8. The predicted molar refractivity (Wildman–Crippen MR) is 102 cm³/mol. The highest BCUT2D eigenvalue weighted by Gasteiger charge is 2.25. The zero-order chi connectivity index (χ0) is 18.7. The molecule has 1 saturated carbocycles. The summed E-state index contributed by atoms with van der Waals surface area (Å²) >= 11 is 0. The fourth-order valence-corrected chi connectivity index (χ4v) is 3.55. The molecule has 1 heterocycles. The number of aryl methyl sites for hydroxylation is 1. The van der Waals surface area contributed by atoms with Crippen molar-refractivity contribution in [2.45, 2.75) is 52.0 Å². The highest BCUT2D eigenvalue weighted by Crippen LogP contribution is 2.33. The second-order valence-electron chi connectivity index (χ2n) is 6.74. The molecule has 0 spiro atoms. The minimum Gasteiger partial charge on any atom is -0.494 e. The summed E-state index contributed by atoms with van der Waals surface area (Å²) in [6.45, 7) is 3.77. The standard InChI is InChI=1S/C21H23N3O2/c1-3-15-8-10-16(11-9-15)23-13-19-14(2)18(12-22)20(25)24(21(19)26)17-6-4-5-7-17/h8-11,13,17,26H,3-7H2,1-2H3. The van der Waals surface area contributed by atoms with Gasteiger partial charge in [0, 0.05) is 12.3 Å². The zero-order valence-electron chi connectivity index (χ0n) is 15.2. The van der Waals surface area contributed by atoms with Crippen molar-refractivity contribution in [3.05, 3.63) is 56.9 Å². The van der Waals surface area contributed by atoms with E-state index in [-0.39, 0.29) is 17.5 Å². The third kappa shape index (κ3) is 3.28. The van der Waals surface area contributed by atoms with E-state index >= 15 is 0 Å². The van der Waals surface area contributed by atoms with Gasteiger partial charge in [-0.1, -0.05) is 31.9 Å². The molecule has 0 amide bonds. The first kappa shape index (κ1) is 17.9. The van der Waals surface area contributed by atoms with E-state index in [0.717, 1.165) is 37.8 Å². The molecule has 0 aliphatic heterocycles. The molecule has 0 radical (unpaired) electrons. The van der Waals surface area contributed by atoms with Gasteiger partial charge in [0.05, 0.1) is 11.3 Å². The summed E-state index contributed by atoms with van der Waals surface area (Å²) in [6, 6.07) is 9.81. The van der Waals surface area contributed by atoms with Gasteiger partial charge in [0.15, 0.2) is 0 Å². The van der Waals surface area contributed by atoms with Crippen molar-refractivity contribution in [2.24, 2.45) is 4.99 Å². The summed E-state index contributed by atoms with van der Waals surface area (Å²) in [5, 5.41) is 20.2. The summed E-state index contributed by atoms with van der Waals surface area (Å²) in [6.07, 6.45) is 6.26. The van der Waals surface area contributed by atoms with Crippen LogP contribution in [0.4, 0.5) is 5.69 Å². The molecule has 1 aromatic heterocycles. The lowest BCUT2D eigenvalue weighted by Crippen LogP contribution is -2.28. The molecule has 1 aliphatic rings. The Labute approximate surface area is 153 Å². The van der Waals surface area contributed by atoms with Crippen LogP contribution >= 0.6 is 0 Å². The zero-order valence-corrected chi connectivity index (χ0v) is 15.2. The average molecular weight is 349 g/mol. The quantitative estimate of drug-likeness (QED) is 0.842. The van der Waals surface area contributed by atoms with Gasteiger partial charge in [0.25, 0.3) is 5.56 Å². The second kappa shape index (κ2) is 7.57. The molecule has 134 valence electrons. The monoisotopic (exact) mass is 349 g/mol. The smallest absolute Gasteiger partial charge is 0.271 e. The molecular weight excluding hydrogens is 326 g/mol. The fourth-order valence-electron chi connectivity index (χ4n) is 3.55. The molecule has 1 fully saturated rings. The Hall–Kier alpha value is -2.87.